The highest BCUT2D eigenvalue weighted by Crippen LogP contribution is 2.22. The van der Waals surface area contributed by atoms with Crippen molar-refractivity contribution in [3.63, 3.8) is 0 Å². The standard InChI is InChI=1S/C13H24N6/c1-4-9(2)16-11-7-12(18-13(14)17-11)19-6-5-10(8-19)15-3/h7,9-10,15H,4-6,8H2,1-3H3,(H3,14,16,17,18)/t9?,10-/m1/s1. The van der Waals surface area contributed by atoms with E-state index in [4.69, 9.17) is 5.73 Å². The van der Waals surface area contributed by atoms with Gasteiger partial charge in [0.25, 0.3) is 0 Å². The normalized spacial score (nSPS) is 20.6. The van der Waals surface area contributed by atoms with Gasteiger partial charge in [-0.15, -0.1) is 0 Å². The molecule has 2 rings (SSSR count). The molecule has 2 atom stereocenters. The summed E-state index contributed by atoms with van der Waals surface area (Å²) in [6.45, 7) is 6.24. The van der Waals surface area contributed by atoms with Gasteiger partial charge >= 0.3 is 0 Å². The fourth-order valence-corrected chi connectivity index (χ4v) is 2.25. The van der Waals surface area contributed by atoms with Crippen molar-refractivity contribution in [1.29, 1.82) is 0 Å². The number of hydrogen-bond acceptors (Lipinski definition) is 6. The second kappa shape index (κ2) is 6.06. The van der Waals surface area contributed by atoms with E-state index in [0.29, 0.717) is 18.0 Å². The summed E-state index contributed by atoms with van der Waals surface area (Å²) in [4.78, 5) is 10.8. The molecule has 6 heteroatoms. The summed E-state index contributed by atoms with van der Waals surface area (Å²) in [5.74, 6) is 2.05. The molecule has 1 aliphatic rings. The van der Waals surface area contributed by atoms with Gasteiger partial charge in [0, 0.05) is 31.2 Å². The number of likely N-dealkylation sites (N-methyl/N-ethyl adjacent to an activating group) is 1. The van der Waals surface area contributed by atoms with Crippen LogP contribution in [0.5, 0.6) is 0 Å². The summed E-state index contributed by atoms with van der Waals surface area (Å²) >= 11 is 0. The van der Waals surface area contributed by atoms with E-state index in [0.717, 1.165) is 37.6 Å². The Kier molecular flexibility index (Phi) is 4.42. The third-order valence-corrected chi connectivity index (χ3v) is 3.66. The Morgan fingerprint density at radius 3 is 2.95 bits per heavy atom. The molecule has 4 N–H and O–H groups in total. The van der Waals surface area contributed by atoms with Gasteiger partial charge in [-0.3, -0.25) is 0 Å². The zero-order valence-electron chi connectivity index (χ0n) is 12.0. The number of rotatable bonds is 5. The van der Waals surface area contributed by atoms with Crippen molar-refractivity contribution in [2.75, 3.05) is 36.1 Å². The van der Waals surface area contributed by atoms with E-state index in [-0.39, 0.29) is 0 Å². The second-order valence-electron chi connectivity index (χ2n) is 5.14. The Morgan fingerprint density at radius 1 is 1.53 bits per heavy atom. The van der Waals surface area contributed by atoms with Crippen LogP contribution < -0.4 is 21.3 Å². The molecular weight excluding hydrogens is 240 g/mol. The molecule has 0 aromatic carbocycles. The van der Waals surface area contributed by atoms with Crippen molar-refractivity contribution in [3.05, 3.63) is 6.07 Å². The highest BCUT2D eigenvalue weighted by Gasteiger charge is 2.22. The van der Waals surface area contributed by atoms with Crippen LogP contribution in [0.2, 0.25) is 0 Å². The van der Waals surface area contributed by atoms with Crippen LogP contribution in [0.3, 0.4) is 0 Å². The molecular formula is C13H24N6. The van der Waals surface area contributed by atoms with E-state index >= 15 is 0 Å². The third kappa shape index (κ3) is 3.47. The first-order valence-corrected chi connectivity index (χ1v) is 6.95. The maximum absolute atomic E-state index is 5.81. The Morgan fingerprint density at radius 2 is 2.32 bits per heavy atom. The van der Waals surface area contributed by atoms with Gasteiger partial charge in [0.15, 0.2) is 0 Å². The van der Waals surface area contributed by atoms with Crippen LogP contribution in [0.1, 0.15) is 26.7 Å². The quantitative estimate of drug-likeness (QED) is 0.738. The molecule has 0 aliphatic carbocycles. The van der Waals surface area contributed by atoms with E-state index < -0.39 is 0 Å². The Balaban J connectivity index is 2.12. The maximum atomic E-state index is 5.81. The molecule has 0 radical (unpaired) electrons. The molecule has 1 aromatic rings. The molecule has 0 bridgehead atoms. The average molecular weight is 264 g/mol. The SMILES string of the molecule is CCC(C)Nc1cc(N2CC[C@@H](NC)C2)nc(N)n1. The molecule has 19 heavy (non-hydrogen) atoms. The molecule has 0 saturated carbocycles. The summed E-state index contributed by atoms with van der Waals surface area (Å²) in [7, 11) is 2.00. The molecule has 106 valence electrons. The smallest absolute Gasteiger partial charge is 0.223 e. The predicted molar refractivity (Wildman–Crippen MR) is 79.5 cm³/mol. The first-order valence-electron chi connectivity index (χ1n) is 6.95. The Labute approximate surface area is 114 Å². The van der Waals surface area contributed by atoms with Gasteiger partial charge in [-0.2, -0.15) is 9.97 Å². The minimum atomic E-state index is 0.330. The molecule has 1 aromatic heterocycles. The number of hydrogen-bond donors (Lipinski definition) is 3. The van der Waals surface area contributed by atoms with Crippen LogP contribution in [0.15, 0.2) is 6.07 Å². The zero-order valence-corrected chi connectivity index (χ0v) is 12.0. The number of aromatic nitrogens is 2. The first kappa shape index (κ1) is 13.9. The number of nitrogen functional groups attached to an aromatic ring is 1. The average Bonchev–Trinajstić information content (AvgIpc) is 2.86. The van der Waals surface area contributed by atoms with Crippen molar-refractivity contribution in [2.24, 2.45) is 0 Å². The van der Waals surface area contributed by atoms with Crippen molar-refractivity contribution < 1.29 is 0 Å². The minimum absolute atomic E-state index is 0.330. The Bertz CT molecular complexity index is 422. The van der Waals surface area contributed by atoms with Crippen molar-refractivity contribution >= 4 is 17.6 Å². The lowest BCUT2D eigenvalue weighted by Crippen LogP contribution is -2.30. The molecule has 2 heterocycles. The van der Waals surface area contributed by atoms with Gasteiger partial charge in [0.2, 0.25) is 5.95 Å². The zero-order chi connectivity index (χ0) is 13.8. The third-order valence-electron chi connectivity index (χ3n) is 3.66. The molecule has 6 nitrogen and oxygen atoms in total. The lowest BCUT2D eigenvalue weighted by Gasteiger charge is -2.19. The number of anilines is 3. The molecule has 1 saturated heterocycles. The molecule has 1 fully saturated rings. The van der Waals surface area contributed by atoms with Gasteiger partial charge in [-0.05, 0) is 26.8 Å². The van der Waals surface area contributed by atoms with Crippen LogP contribution >= 0.6 is 0 Å². The summed E-state index contributed by atoms with van der Waals surface area (Å²) in [6, 6.07) is 2.90. The predicted octanol–water partition coefficient (Wildman–Crippen LogP) is 1.07. The van der Waals surface area contributed by atoms with Gasteiger partial charge in [0.1, 0.15) is 11.6 Å². The van der Waals surface area contributed by atoms with E-state index in [9.17, 15) is 0 Å². The molecule has 0 amide bonds. The number of nitrogens with zero attached hydrogens (tertiary/aromatic N) is 3. The first-order chi connectivity index (χ1) is 9.12. The van der Waals surface area contributed by atoms with Crippen LogP contribution in [-0.2, 0) is 0 Å². The number of nitrogens with two attached hydrogens (primary N) is 1. The highest BCUT2D eigenvalue weighted by molar-refractivity contribution is 5.53. The van der Waals surface area contributed by atoms with Crippen LogP contribution in [-0.4, -0.2) is 42.2 Å². The molecule has 1 aliphatic heterocycles. The summed E-state index contributed by atoms with van der Waals surface area (Å²) in [6.07, 6.45) is 2.18. The van der Waals surface area contributed by atoms with Crippen LogP contribution in [0.4, 0.5) is 17.6 Å². The van der Waals surface area contributed by atoms with Gasteiger partial charge in [-0.1, -0.05) is 6.92 Å². The largest absolute Gasteiger partial charge is 0.368 e. The van der Waals surface area contributed by atoms with E-state index in [1.165, 1.54) is 0 Å². The fraction of sp³-hybridized carbons (Fsp3) is 0.692. The second-order valence-corrected chi connectivity index (χ2v) is 5.14. The monoisotopic (exact) mass is 264 g/mol. The van der Waals surface area contributed by atoms with Gasteiger partial charge < -0.3 is 21.3 Å². The topological polar surface area (TPSA) is 79.1 Å². The van der Waals surface area contributed by atoms with E-state index in [1.807, 2.05) is 13.1 Å². The summed E-state index contributed by atoms with van der Waals surface area (Å²) in [5.41, 5.74) is 5.81. The number of nitrogens with one attached hydrogen (secondary N) is 2. The summed E-state index contributed by atoms with van der Waals surface area (Å²) in [5, 5.41) is 6.65. The lowest BCUT2D eigenvalue weighted by atomic mass is 10.2. The van der Waals surface area contributed by atoms with Crippen molar-refractivity contribution in [2.45, 2.75) is 38.8 Å². The highest BCUT2D eigenvalue weighted by atomic mass is 15.3. The Hall–Kier alpha value is -1.56. The van der Waals surface area contributed by atoms with Gasteiger partial charge in [0.05, 0.1) is 0 Å². The van der Waals surface area contributed by atoms with Crippen molar-refractivity contribution in [3.8, 4) is 0 Å². The lowest BCUT2D eigenvalue weighted by molar-refractivity contribution is 0.616. The maximum Gasteiger partial charge on any atom is 0.223 e. The van der Waals surface area contributed by atoms with E-state index in [1.54, 1.807) is 0 Å². The van der Waals surface area contributed by atoms with Crippen LogP contribution in [0.25, 0.3) is 0 Å². The van der Waals surface area contributed by atoms with E-state index in [2.05, 4.69) is 39.3 Å². The fourth-order valence-electron chi connectivity index (χ4n) is 2.25. The minimum Gasteiger partial charge on any atom is -0.368 e. The van der Waals surface area contributed by atoms with Crippen LogP contribution in [0, 0.1) is 0 Å². The van der Waals surface area contributed by atoms with Crippen molar-refractivity contribution in [1.82, 2.24) is 15.3 Å². The van der Waals surface area contributed by atoms with Gasteiger partial charge in [-0.25, -0.2) is 0 Å². The molecule has 0 spiro atoms. The molecule has 1 unspecified atom stereocenters. The summed E-state index contributed by atoms with van der Waals surface area (Å²) < 4.78 is 0.